The van der Waals surface area contributed by atoms with Crippen LogP contribution >= 0.6 is 11.8 Å². The van der Waals surface area contributed by atoms with Crippen molar-refractivity contribution >= 4 is 50.9 Å². The van der Waals surface area contributed by atoms with E-state index in [2.05, 4.69) is 5.32 Å². The average molecular weight is 774 g/mol. The summed E-state index contributed by atoms with van der Waals surface area (Å²) in [6, 6.07) is 24.2. The first-order valence-electron chi connectivity index (χ1n) is 17.4. The van der Waals surface area contributed by atoms with E-state index in [-0.39, 0.29) is 29.5 Å². The van der Waals surface area contributed by atoms with E-state index in [1.807, 2.05) is 58.2 Å². The van der Waals surface area contributed by atoms with Gasteiger partial charge in [0.25, 0.3) is 21.6 Å². The topological polar surface area (TPSA) is 168 Å². The number of anilines is 1. The molecule has 0 bridgehead atoms. The Hall–Kier alpha value is -5.41. The van der Waals surface area contributed by atoms with Crippen molar-refractivity contribution in [1.82, 2.24) is 14.5 Å². The van der Waals surface area contributed by atoms with Gasteiger partial charge in [0.2, 0.25) is 11.8 Å². The molecule has 1 aliphatic rings. The molecule has 0 unspecified atom stereocenters. The lowest BCUT2D eigenvalue weighted by molar-refractivity contribution is -0.384. The van der Waals surface area contributed by atoms with Gasteiger partial charge in [0.05, 0.1) is 16.9 Å². The summed E-state index contributed by atoms with van der Waals surface area (Å²) in [6.45, 7) is 1.62. The van der Waals surface area contributed by atoms with Crippen LogP contribution in [0.1, 0.15) is 41.6 Å². The molecule has 3 amide bonds. The normalized spacial score (nSPS) is 13.2. The molecule has 0 aliphatic carbocycles. The predicted octanol–water partition coefficient (Wildman–Crippen LogP) is 6.00. The third-order valence-corrected chi connectivity index (χ3v) is 11.5. The summed E-state index contributed by atoms with van der Waals surface area (Å²) < 4.78 is 34.3. The van der Waals surface area contributed by atoms with Gasteiger partial charge in [-0.2, -0.15) is 0 Å². The van der Waals surface area contributed by atoms with Crippen molar-refractivity contribution < 1.29 is 32.5 Å². The molecule has 0 aromatic heterocycles. The largest absolute Gasteiger partial charge is 0.496 e. The fourth-order valence-electron chi connectivity index (χ4n) is 5.98. The van der Waals surface area contributed by atoms with Crippen LogP contribution in [0.3, 0.4) is 0 Å². The van der Waals surface area contributed by atoms with Crippen molar-refractivity contribution in [1.29, 1.82) is 0 Å². The van der Waals surface area contributed by atoms with Crippen LogP contribution in [-0.4, -0.2) is 87.0 Å². The third-order valence-electron chi connectivity index (χ3n) is 8.99. The number of nitro groups is 1. The van der Waals surface area contributed by atoms with Gasteiger partial charge in [-0.25, -0.2) is 13.1 Å². The minimum atomic E-state index is -4.52. The molecular weight excluding hydrogens is 731 g/mol. The molecule has 1 heterocycles. The third kappa shape index (κ3) is 10.4. The minimum absolute atomic E-state index is 0.0325. The van der Waals surface area contributed by atoms with Crippen LogP contribution in [0.15, 0.2) is 101 Å². The number of amides is 3. The van der Waals surface area contributed by atoms with Crippen molar-refractivity contribution in [2.75, 3.05) is 45.4 Å². The molecule has 4 aromatic rings. The van der Waals surface area contributed by atoms with E-state index in [9.17, 15) is 32.9 Å². The smallest absolute Gasteiger partial charge is 0.293 e. The standard InChI is InChI=1S/C39H43N5O8S2/c1-42(2)38(46)24-30(26-53-31-9-5-4-6-10-31)40-34-19-17-32(25-35(34)44(48)49)54(50,51)41-39(47)29-15-13-28(14-16-29)33-18-11-27(23-36(33)52-3)12-20-37(45)43-21-7-8-22-43/h4-6,9-11,13-19,23,25,30,40H,7-8,12,20-22,24,26H2,1-3H3,(H,41,47)/t30-/m1/s1. The van der Waals surface area contributed by atoms with Gasteiger partial charge in [-0.15, -0.1) is 11.8 Å². The number of benzene rings is 4. The molecule has 2 N–H and O–H groups in total. The minimum Gasteiger partial charge on any atom is -0.496 e. The Morgan fingerprint density at radius 2 is 1.67 bits per heavy atom. The summed E-state index contributed by atoms with van der Waals surface area (Å²) in [4.78, 5) is 53.4. The molecular formula is C39H43N5O8S2. The van der Waals surface area contributed by atoms with Gasteiger partial charge in [0.15, 0.2) is 0 Å². The van der Waals surface area contributed by atoms with E-state index in [4.69, 9.17) is 4.74 Å². The van der Waals surface area contributed by atoms with Crippen molar-refractivity contribution in [3.8, 4) is 16.9 Å². The van der Waals surface area contributed by atoms with Crippen molar-refractivity contribution in [3.63, 3.8) is 0 Å². The van der Waals surface area contributed by atoms with Crippen molar-refractivity contribution in [2.24, 2.45) is 0 Å². The Morgan fingerprint density at radius 1 is 0.963 bits per heavy atom. The number of nitrogens with zero attached hydrogens (tertiary/aromatic N) is 3. The molecule has 1 fully saturated rings. The van der Waals surface area contributed by atoms with Crippen LogP contribution in [0.5, 0.6) is 5.75 Å². The molecule has 13 nitrogen and oxygen atoms in total. The maximum Gasteiger partial charge on any atom is 0.293 e. The Labute approximate surface area is 319 Å². The summed E-state index contributed by atoms with van der Waals surface area (Å²) in [5.41, 5.74) is 1.98. The Kier molecular flexibility index (Phi) is 13.3. The van der Waals surface area contributed by atoms with Gasteiger partial charge in [-0.3, -0.25) is 24.5 Å². The lowest BCUT2D eigenvalue weighted by Crippen LogP contribution is -2.32. The van der Waals surface area contributed by atoms with Gasteiger partial charge in [0, 0.05) is 73.9 Å². The highest BCUT2D eigenvalue weighted by Crippen LogP contribution is 2.33. The molecule has 4 aromatic carbocycles. The maximum atomic E-state index is 13.3. The van der Waals surface area contributed by atoms with E-state index in [1.54, 1.807) is 33.3 Å². The number of aryl methyl sites for hydroxylation is 1. The number of carbonyl (C=O) groups excluding carboxylic acids is 3. The summed E-state index contributed by atoms with van der Waals surface area (Å²) in [5.74, 6) is 0.0244. The zero-order chi connectivity index (χ0) is 38.8. The van der Waals surface area contributed by atoms with Gasteiger partial charge in [0.1, 0.15) is 11.4 Å². The van der Waals surface area contributed by atoms with E-state index in [1.165, 1.54) is 40.9 Å². The number of ether oxygens (including phenoxy) is 1. The van der Waals surface area contributed by atoms with Crippen LogP contribution in [0.2, 0.25) is 0 Å². The summed E-state index contributed by atoms with van der Waals surface area (Å²) in [6.07, 6.45) is 3.12. The SMILES string of the molecule is COc1cc(CCC(=O)N2CCCC2)ccc1-c1ccc(C(=O)NS(=O)(=O)c2ccc(N[C@@H](CSc3ccccc3)CC(=O)N(C)C)c([N+](=O)[O-])c2)cc1. The number of sulfonamides is 1. The number of thioether (sulfide) groups is 1. The van der Waals surface area contributed by atoms with Gasteiger partial charge < -0.3 is 19.9 Å². The zero-order valence-corrected chi connectivity index (χ0v) is 32.0. The number of hydrogen-bond donors (Lipinski definition) is 2. The molecule has 1 saturated heterocycles. The van der Waals surface area contributed by atoms with Gasteiger partial charge in [-0.05, 0) is 72.9 Å². The summed E-state index contributed by atoms with van der Waals surface area (Å²) in [5, 5.41) is 15.2. The van der Waals surface area contributed by atoms with Gasteiger partial charge in [-0.1, -0.05) is 42.5 Å². The molecule has 0 spiro atoms. The number of carbonyl (C=O) groups is 3. The van der Waals surface area contributed by atoms with Gasteiger partial charge >= 0.3 is 0 Å². The number of hydrogen-bond acceptors (Lipinski definition) is 10. The Morgan fingerprint density at radius 3 is 2.31 bits per heavy atom. The number of rotatable bonds is 16. The summed E-state index contributed by atoms with van der Waals surface area (Å²) >= 11 is 1.47. The van der Waals surface area contributed by atoms with Crippen molar-refractivity contribution in [3.05, 3.63) is 112 Å². The second-order valence-corrected chi connectivity index (χ2v) is 15.8. The molecule has 0 radical (unpaired) electrons. The second kappa shape index (κ2) is 18.1. The van der Waals surface area contributed by atoms with Crippen LogP contribution in [0, 0.1) is 10.1 Å². The fourth-order valence-corrected chi connectivity index (χ4v) is 7.91. The Bertz CT molecular complexity index is 2090. The van der Waals surface area contributed by atoms with Crippen LogP contribution < -0.4 is 14.8 Å². The Balaban J connectivity index is 1.27. The fraction of sp³-hybridized carbons (Fsp3) is 0.308. The lowest BCUT2D eigenvalue weighted by atomic mass is 9.99. The molecule has 0 saturated carbocycles. The molecule has 15 heteroatoms. The quantitative estimate of drug-likeness (QED) is 0.0784. The van der Waals surface area contributed by atoms with Crippen LogP contribution in [0.4, 0.5) is 11.4 Å². The van der Waals surface area contributed by atoms with E-state index < -0.39 is 37.5 Å². The molecule has 1 aliphatic heterocycles. The number of nitro benzene ring substituents is 1. The summed E-state index contributed by atoms with van der Waals surface area (Å²) in [7, 11) is 0.261. The molecule has 1 atom stereocenters. The van der Waals surface area contributed by atoms with Crippen molar-refractivity contribution in [2.45, 2.75) is 47.9 Å². The first-order valence-corrected chi connectivity index (χ1v) is 19.9. The first kappa shape index (κ1) is 39.8. The van der Waals surface area contributed by atoms with Crippen LogP contribution in [-0.2, 0) is 26.0 Å². The van der Waals surface area contributed by atoms with E-state index >= 15 is 0 Å². The highest BCUT2D eigenvalue weighted by atomic mass is 32.2. The molecule has 284 valence electrons. The first-order chi connectivity index (χ1) is 25.8. The number of likely N-dealkylation sites (tertiary alicyclic amines) is 1. The van der Waals surface area contributed by atoms with Crippen LogP contribution in [0.25, 0.3) is 11.1 Å². The molecule has 5 rings (SSSR count). The highest BCUT2D eigenvalue weighted by Gasteiger charge is 2.26. The lowest BCUT2D eigenvalue weighted by Gasteiger charge is -2.21. The van der Waals surface area contributed by atoms with E-state index in [0.717, 1.165) is 53.6 Å². The molecule has 54 heavy (non-hydrogen) atoms. The highest BCUT2D eigenvalue weighted by molar-refractivity contribution is 7.99. The number of methoxy groups -OCH3 is 1. The average Bonchev–Trinajstić information content (AvgIpc) is 3.72. The zero-order valence-electron chi connectivity index (χ0n) is 30.3. The second-order valence-electron chi connectivity index (χ2n) is 13.0. The predicted molar refractivity (Wildman–Crippen MR) is 208 cm³/mol. The monoisotopic (exact) mass is 773 g/mol. The number of nitrogens with one attached hydrogen (secondary N) is 2. The maximum absolute atomic E-state index is 13.3. The van der Waals surface area contributed by atoms with E-state index in [0.29, 0.717) is 24.3 Å².